The molecule has 0 unspecified atom stereocenters. The van der Waals surface area contributed by atoms with Crippen molar-refractivity contribution >= 4 is 29.2 Å². The van der Waals surface area contributed by atoms with Crippen LogP contribution in [0.3, 0.4) is 0 Å². The SMILES string of the molecule is CCC(CC)(NC(=O)Nc1ccc(Cl)cc1)/C(N)=N/O. The van der Waals surface area contributed by atoms with Crippen LogP contribution in [0.1, 0.15) is 26.7 Å². The minimum atomic E-state index is -0.870. The van der Waals surface area contributed by atoms with Crippen molar-refractivity contribution in [2.75, 3.05) is 5.32 Å². The van der Waals surface area contributed by atoms with Crippen molar-refractivity contribution in [1.29, 1.82) is 0 Å². The number of nitrogens with zero attached hydrogens (tertiary/aromatic N) is 1. The number of carbonyl (C=O) groups is 1. The molecule has 6 nitrogen and oxygen atoms in total. The number of benzene rings is 1. The average molecular weight is 299 g/mol. The standard InChI is InChI=1S/C13H19ClN4O2/c1-3-13(4-2,11(15)18-20)17-12(19)16-10-7-5-9(14)6-8-10/h5-8,20H,3-4H2,1-2H3,(H2,15,18)(H2,16,17,19). The lowest BCUT2D eigenvalue weighted by Gasteiger charge is -2.31. The van der Waals surface area contributed by atoms with Crippen molar-refractivity contribution in [2.45, 2.75) is 32.2 Å². The smallest absolute Gasteiger partial charge is 0.320 e. The zero-order valence-corrected chi connectivity index (χ0v) is 12.2. The fourth-order valence-corrected chi connectivity index (χ4v) is 1.99. The number of urea groups is 1. The minimum Gasteiger partial charge on any atom is -0.409 e. The number of hydrogen-bond acceptors (Lipinski definition) is 3. The monoisotopic (exact) mass is 298 g/mol. The van der Waals surface area contributed by atoms with Gasteiger partial charge < -0.3 is 21.6 Å². The molecule has 0 radical (unpaired) electrons. The number of oxime groups is 1. The molecule has 0 aromatic heterocycles. The quantitative estimate of drug-likeness (QED) is 0.291. The zero-order chi connectivity index (χ0) is 15.2. The van der Waals surface area contributed by atoms with E-state index >= 15 is 0 Å². The Balaban J connectivity index is 2.79. The van der Waals surface area contributed by atoms with Gasteiger partial charge in [-0.25, -0.2) is 4.79 Å². The summed E-state index contributed by atoms with van der Waals surface area (Å²) in [7, 11) is 0. The van der Waals surface area contributed by atoms with E-state index in [0.29, 0.717) is 23.6 Å². The number of amidine groups is 1. The number of nitrogens with one attached hydrogen (secondary N) is 2. The molecule has 0 fully saturated rings. The topological polar surface area (TPSA) is 99.7 Å². The summed E-state index contributed by atoms with van der Waals surface area (Å²) in [6.45, 7) is 3.70. The molecule has 0 bridgehead atoms. The molecule has 0 saturated heterocycles. The predicted octanol–water partition coefficient (Wildman–Crippen LogP) is 2.77. The lowest BCUT2D eigenvalue weighted by Crippen LogP contribution is -2.57. The summed E-state index contributed by atoms with van der Waals surface area (Å²) in [5, 5.41) is 17.9. The molecule has 1 rings (SSSR count). The highest BCUT2D eigenvalue weighted by molar-refractivity contribution is 6.30. The maximum atomic E-state index is 12.0. The van der Waals surface area contributed by atoms with Crippen molar-refractivity contribution in [3.63, 3.8) is 0 Å². The summed E-state index contributed by atoms with van der Waals surface area (Å²) in [6.07, 6.45) is 1.01. The van der Waals surface area contributed by atoms with Gasteiger partial charge in [0.2, 0.25) is 0 Å². The molecule has 0 aliphatic heterocycles. The number of rotatable bonds is 5. The Morgan fingerprint density at radius 2 is 1.90 bits per heavy atom. The first kappa shape index (κ1) is 16.1. The fourth-order valence-electron chi connectivity index (χ4n) is 1.86. The summed E-state index contributed by atoms with van der Waals surface area (Å²) in [5.74, 6) is -0.0197. The second kappa shape index (κ2) is 7.00. The average Bonchev–Trinajstić information content (AvgIpc) is 2.46. The Morgan fingerprint density at radius 1 is 1.35 bits per heavy atom. The molecule has 0 aliphatic rings. The van der Waals surface area contributed by atoms with Gasteiger partial charge in [-0.3, -0.25) is 0 Å². The van der Waals surface area contributed by atoms with Gasteiger partial charge in [-0.2, -0.15) is 0 Å². The van der Waals surface area contributed by atoms with Crippen molar-refractivity contribution < 1.29 is 10.0 Å². The van der Waals surface area contributed by atoms with Crippen LogP contribution in [0.4, 0.5) is 10.5 Å². The van der Waals surface area contributed by atoms with Crippen molar-refractivity contribution in [3.8, 4) is 0 Å². The normalized spacial score (nSPS) is 12.1. The van der Waals surface area contributed by atoms with E-state index in [-0.39, 0.29) is 5.84 Å². The van der Waals surface area contributed by atoms with E-state index in [9.17, 15) is 4.79 Å². The second-order valence-corrected chi connectivity index (χ2v) is 4.80. The zero-order valence-electron chi connectivity index (χ0n) is 11.5. The van der Waals surface area contributed by atoms with E-state index in [2.05, 4.69) is 15.8 Å². The Morgan fingerprint density at radius 3 is 2.35 bits per heavy atom. The van der Waals surface area contributed by atoms with Gasteiger partial charge in [0.1, 0.15) is 5.54 Å². The van der Waals surface area contributed by atoms with Gasteiger partial charge in [0.15, 0.2) is 5.84 Å². The van der Waals surface area contributed by atoms with Crippen LogP contribution in [-0.2, 0) is 0 Å². The molecule has 2 amide bonds. The number of nitrogens with two attached hydrogens (primary N) is 1. The fraction of sp³-hybridized carbons (Fsp3) is 0.385. The molecule has 110 valence electrons. The number of halogens is 1. The van der Waals surface area contributed by atoms with Gasteiger partial charge in [0.05, 0.1) is 0 Å². The third-order valence-electron chi connectivity index (χ3n) is 3.26. The first-order valence-electron chi connectivity index (χ1n) is 6.30. The third-order valence-corrected chi connectivity index (χ3v) is 3.51. The first-order chi connectivity index (χ1) is 9.47. The van der Waals surface area contributed by atoms with Gasteiger partial charge in [0.25, 0.3) is 0 Å². The Kier molecular flexibility index (Phi) is 5.64. The van der Waals surface area contributed by atoms with Gasteiger partial charge in [-0.15, -0.1) is 0 Å². The predicted molar refractivity (Wildman–Crippen MR) is 80.3 cm³/mol. The van der Waals surface area contributed by atoms with Crippen LogP contribution in [0, 0.1) is 0 Å². The number of anilines is 1. The van der Waals surface area contributed by atoms with E-state index in [4.69, 9.17) is 22.5 Å². The van der Waals surface area contributed by atoms with Gasteiger partial charge in [-0.1, -0.05) is 30.6 Å². The lowest BCUT2D eigenvalue weighted by molar-refractivity contribution is 0.241. The third kappa shape index (κ3) is 3.77. The summed E-state index contributed by atoms with van der Waals surface area (Å²) in [6, 6.07) is 6.29. The van der Waals surface area contributed by atoms with Crippen LogP contribution in [-0.4, -0.2) is 22.6 Å². The van der Waals surface area contributed by atoms with E-state index < -0.39 is 11.6 Å². The minimum absolute atomic E-state index is 0.0197. The summed E-state index contributed by atoms with van der Waals surface area (Å²) < 4.78 is 0. The maximum Gasteiger partial charge on any atom is 0.320 e. The van der Waals surface area contributed by atoms with Crippen molar-refractivity contribution in [3.05, 3.63) is 29.3 Å². The molecule has 20 heavy (non-hydrogen) atoms. The van der Waals surface area contributed by atoms with Crippen LogP contribution in [0.15, 0.2) is 29.4 Å². The van der Waals surface area contributed by atoms with Crippen molar-refractivity contribution in [1.82, 2.24) is 5.32 Å². The molecule has 1 aromatic carbocycles. The summed E-state index contributed by atoms with van der Waals surface area (Å²) in [4.78, 5) is 12.0. The Labute approximate surface area is 123 Å². The number of amides is 2. The molecule has 0 atom stereocenters. The van der Waals surface area contributed by atoms with Crippen molar-refractivity contribution in [2.24, 2.45) is 10.9 Å². The maximum absolute atomic E-state index is 12.0. The number of hydrogen-bond donors (Lipinski definition) is 4. The van der Waals surface area contributed by atoms with E-state index in [0.717, 1.165) is 0 Å². The molecule has 1 aromatic rings. The van der Waals surface area contributed by atoms with E-state index in [1.165, 1.54) is 0 Å². The van der Waals surface area contributed by atoms with E-state index in [1.807, 2.05) is 13.8 Å². The number of carbonyl (C=O) groups excluding carboxylic acids is 1. The highest BCUT2D eigenvalue weighted by Crippen LogP contribution is 2.17. The molecular formula is C13H19ClN4O2. The molecular weight excluding hydrogens is 280 g/mol. The van der Waals surface area contributed by atoms with Crippen LogP contribution >= 0.6 is 11.6 Å². The van der Waals surface area contributed by atoms with Gasteiger partial charge in [0, 0.05) is 10.7 Å². The van der Waals surface area contributed by atoms with Crippen LogP contribution < -0.4 is 16.4 Å². The van der Waals surface area contributed by atoms with Gasteiger partial charge >= 0.3 is 6.03 Å². The van der Waals surface area contributed by atoms with Crippen LogP contribution in [0.2, 0.25) is 5.02 Å². The van der Waals surface area contributed by atoms with Crippen LogP contribution in [0.25, 0.3) is 0 Å². The van der Waals surface area contributed by atoms with E-state index in [1.54, 1.807) is 24.3 Å². The summed E-state index contributed by atoms with van der Waals surface area (Å²) in [5.41, 5.74) is 5.41. The highest BCUT2D eigenvalue weighted by Gasteiger charge is 2.33. The van der Waals surface area contributed by atoms with Crippen LogP contribution in [0.5, 0.6) is 0 Å². The summed E-state index contributed by atoms with van der Waals surface area (Å²) >= 11 is 5.77. The largest absolute Gasteiger partial charge is 0.409 e. The highest BCUT2D eigenvalue weighted by atomic mass is 35.5. The molecule has 0 saturated carbocycles. The molecule has 0 heterocycles. The molecule has 0 aliphatic carbocycles. The Hall–Kier alpha value is -1.95. The molecule has 0 spiro atoms. The lowest BCUT2D eigenvalue weighted by atomic mass is 9.91. The Bertz CT molecular complexity index is 484. The van der Waals surface area contributed by atoms with Gasteiger partial charge in [-0.05, 0) is 37.1 Å². The molecule has 5 N–H and O–H groups in total. The second-order valence-electron chi connectivity index (χ2n) is 4.36. The first-order valence-corrected chi connectivity index (χ1v) is 6.68. The molecule has 7 heteroatoms.